The van der Waals surface area contributed by atoms with E-state index in [-0.39, 0.29) is 5.91 Å². The zero-order valence-corrected chi connectivity index (χ0v) is 10.8. The minimum absolute atomic E-state index is 0.187. The van der Waals surface area contributed by atoms with Gasteiger partial charge in [0.25, 0.3) is 5.91 Å². The van der Waals surface area contributed by atoms with Crippen molar-refractivity contribution >= 4 is 12.1 Å². The largest absolute Gasteiger partial charge is 0.271 e. The Morgan fingerprint density at radius 1 is 1.16 bits per heavy atom. The maximum Gasteiger partial charge on any atom is 0.271 e. The summed E-state index contributed by atoms with van der Waals surface area (Å²) in [5.41, 5.74) is 5.37. The summed E-state index contributed by atoms with van der Waals surface area (Å²) in [5.74, 6) is -0.187. The minimum atomic E-state index is -0.187. The molecule has 0 aliphatic rings. The SMILES string of the molecule is Cc1cccc(C(=O)NN=CCc2ccccc2)c1. The van der Waals surface area contributed by atoms with Crippen LogP contribution in [-0.2, 0) is 6.42 Å². The highest BCUT2D eigenvalue weighted by molar-refractivity contribution is 5.94. The van der Waals surface area contributed by atoms with Crippen molar-refractivity contribution in [1.29, 1.82) is 0 Å². The van der Waals surface area contributed by atoms with E-state index in [1.165, 1.54) is 0 Å². The first-order valence-electron chi connectivity index (χ1n) is 6.18. The van der Waals surface area contributed by atoms with Crippen LogP contribution in [0.5, 0.6) is 0 Å². The van der Waals surface area contributed by atoms with Gasteiger partial charge in [-0.25, -0.2) is 5.43 Å². The zero-order valence-electron chi connectivity index (χ0n) is 10.8. The lowest BCUT2D eigenvalue weighted by atomic mass is 10.1. The van der Waals surface area contributed by atoms with Gasteiger partial charge in [-0.15, -0.1) is 0 Å². The van der Waals surface area contributed by atoms with E-state index in [2.05, 4.69) is 10.5 Å². The molecule has 0 atom stereocenters. The second-order valence-electron chi connectivity index (χ2n) is 4.31. The number of aryl methyl sites for hydroxylation is 1. The molecule has 0 radical (unpaired) electrons. The molecule has 0 aliphatic heterocycles. The maximum atomic E-state index is 11.8. The highest BCUT2D eigenvalue weighted by Crippen LogP contribution is 2.03. The fourth-order valence-electron chi connectivity index (χ4n) is 1.72. The molecule has 0 saturated heterocycles. The molecule has 0 bridgehead atoms. The van der Waals surface area contributed by atoms with Gasteiger partial charge in [-0.1, -0.05) is 48.0 Å². The molecule has 1 N–H and O–H groups in total. The van der Waals surface area contributed by atoms with Crippen molar-refractivity contribution in [2.75, 3.05) is 0 Å². The molecule has 0 fully saturated rings. The average molecular weight is 252 g/mol. The van der Waals surface area contributed by atoms with Crippen LogP contribution in [-0.4, -0.2) is 12.1 Å². The lowest BCUT2D eigenvalue weighted by Gasteiger charge is -2.00. The van der Waals surface area contributed by atoms with Gasteiger partial charge in [0.15, 0.2) is 0 Å². The fourth-order valence-corrected chi connectivity index (χ4v) is 1.72. The van der Waals surface area contributed by atoms with Gasteiger partial charge >= 0.3 is 0 Å². The first-order valence-corrected chi connectivity index (χ1v) is 6.18. The van der Waals surface area contributed by atoms with Crippen molar-refractivity contribution in [2.45, 2.75) is 13.3 Å². The van der Waals surface area contributed by atoms with Crippen molar-refractivity contribution < 1.29 is 4.79 Å². The van der Waals surface area contributed by atoms with Gasteiger partial charge in [-0.3, -0.25) is 4.79 Å². The smallest absolute Gasteiger partial charge is 0.267 e. The quantitative estimate of drug-likeness (QED) is 0.659. The molecular weight excluding hydrogens is 236 g/mol. The Labute approximate surface area is 113 Å². The number of carbonyl (C=O) groups excluding carboxylic acids is 1. The highest BCUT2D eigenvalue weighted by Gasteiger charge is 2.02. The summed E-state index contributed by atoms with van der Waals surface area (Å²) in [6.07, 6.45) is 2.40. The molecule has 1 amide bonds. The van der Waals surface area contributed by atoms with E-state index in [9.17, 15) is 4.79 Å². The van der Waals surface area contributed by atoms with Crippen molar-refractivity contribution in [3.8, 4) is 0 Å². The molecule has 0 spiro atoms. The van der Waals surface area contributed by atoms with Crippen LogP contribution < -0.4 is 5.43 Å². The van der Waals surface area contributed by atoms with E-state index >= 15 is 0 Å². The fraction of sp³-hybridized carbons (Fsp3) is 0.125. The molecule has 3 heteroatoms. The second kappa shape index (κ2) is 6.50. The Morgan fingerprint density at radius 2 is 1.95 bits per heavy atom. The van der Waals surface area contributed by atoms with Crippen LogP contribution >= 0.6 is 0 Å². The molecule has 0 heterocycles. The third kappa shape index (κ3) is 4.07. The first kappa shape index (κ1) is 13.0. The summed E-state index contributed by atoms with van der Waals surface area (Å²) < 4.78 is 0. The monoisotopic (exact) mass is 252 g/mol. The molecule has 2 aromatic rings. The molecule has 2 aromatic carbocycles. The summed E-state index contributed by atoms with van der Waals surface area (Å²) >= 11 is 0. The number of hydrogen-bond donors (Lipinski definition) is 1. The van der Waals surface area contributed by atoms with Gasteiger partial charge in [0.05, 0.1) is 0 Å². The number of rotatable bonds is 4. The number of benzene rings is 2. The standard InChI is InChI=1S/C16H16N2O/c1-13-6-5-9-15(12-13)16(19)18-17-11-10-14-7-3-2-4-8-14/h2-9,11-12H,10H2,1H3,(H,18,19). The van der Waals surface area contributed by atoms with Gasteiger partial charge in [0.1, 0.15) is 0 Å². The van der Waals surface area contributed by atoms with E-state index in [1.807, 2.05) is 55.5 Å². The predicted molar refractivity (Wildman–Crippen MR) is 77.3 cm³/mol. The maximum absolute atomic E-state index is 11.8. The van der Waals surface area contributed by atoms with Crippen LogP contribution in [0.3, 0.4) is 0 Å². The van der Waals surface area contributed by atoms with Crippen LogP contribution in [0.4, 0.5) is 0 Å². The van der Waals surface area contributed by atoms with Gasteiger partial charge in [-0.05, 0) is 24.6 Å². The second-order valence-corrected chi connectivity index (χ2v) is 4.31. The van der Waals surface area contributed by atoms with Gasteiger partial charge < -0.3 is 0 Å². The Kier molecular flexibility index (Phi) is 4.45. The summed E-state index contributed by atoms with van der Waals surface area (Å²) in [7, 11) is 0. The van der Waals surface area contributed by atoms with Gasteiger partial charge in [0.2, 0.25) is 0 Å². The lowest BCUT2D eigenvalue weighted by molar-refractivity contribution is 0.0955. The van der Waals surface area contributed by atoms with Crippen molar-refractivity contribution in [3.63, 3.8) is 0 Å². The Balaban J connectivity index is 1.87. The molecule has 3 nitrogen and oxygen atoms in total. The van der Waals surface area contributed by atoms with Gasteiger partial charge in [0, 0.05) is 18.2 Å². The number of nitrogens with one attached hydrogen (secondary N) is 1. The van der Waals surface area contributed by atoms with E-state index < -0.39 is 0 Å². The molecule has 19 heavy (non-hydrogen) atoms. The Morgan fingerprint density at radius 3 is 2.68 bits per heavy atom. The molecule has 0 aliphatic carbocycles. The Bertz CT molecular complexity index is 576. The topological polar surface area (TPSA) is 41.5 Å². The molecule has 0 aromatic heterocycles. The summed E-state index contributed by atoms with van der Waals surface area (Å²) in [6.45, 7) is 1.95. The number of hydrazone groups is 1. The number of hydrogen-bond acceptors (Lipinski definition) is 2. The lowest BCUT2D eigenvalue weighted by Crippen LogP contribution is -2.17. The van der Waals surface area contributed by atoms with Crippen molar-refractivity contribution in [1.82, 2.24) is 5.43 Å². The number of carbonyl (C=O) groups is 1. The van der Waals surface area contributed by atoms with E-state index in [1.54, 1.807) is 12.3 Å². The van der Waals surface area contributed by atoms with Crippen LogP contribution in [0.15, 0.2) is 59.7 Å². The molecule has 0 saturated carbocycles. The minimum Gasteiger partial charge on any atom is -0.267 e. The third-order valence-corrected chi connectivity index (χ3v) is 2.71. The Hall–Kier alpha value is -2.42. The number of amides is 1. The van der Waals surface area contributed by atoms with Gasteiger partial charge in [-0.2, -0.15) is 5.10 Å². The molecule has 96 valence electrons. The van der Waals surface area contributed by atoms with Crippen molar-refractivity contribution in [3.05, 3.63) is 71.3 Å². The summed E-state index contributed by atoms with van der Waals surface area (Å²) in [4.78, 5) is 11.8. The van der Waals surface area contributed by atoms with Crippen LogP contribution in [0.2, 0.25) is 0 Å². The van der Waals surface area contributed by atoms with Crippen LogP contribution in [0.1, 0.15) is 21.5 Å². The zero-order chi connectivity index (χ0) is 13.5. The predicted octanol–water partition coefficient (Wildman–Crippen LogP) is 2.95. The highest BCUT2D eigenvalue weighted by atomic mass is 16.2. The normalized spacial score (nSPS) is 10.6. The molecule has 0 unspecified atom stereocenters. The molecule has 2 rings (SSSR count). The third-order valence-electron chi connectivity index (χ3n) is 2.71. The van der Waals surface area contributed by atoms with E-state index in [4.69, 9.17) is 0 Å². The summed E-state index contributed by atoms with van der Waals surface area (Å²) in [6, 6.07) is 17.4. The van der Waals surface area contributed by atoms with E-state index in [0.717, 1.165) is 11.1 Å². The van der Waals surface area contributed by atoms with E-state index in [0.29, 0.717) is 12.0 Å². The van der Waals surface area contributed by atoms with Crippen LogP contribution in [0, 0.1) is 6.92 Å². The first-order chi connectivity index (χ1) is 9.25. The van der Waals surface area contributed by atoms with Crippen molar-refractivity contribution in [2.24, 2.45) is 5.10 Å². The van der Waals surface area contributed by atoms with Crippen LogP contribution in [0.25, 0.3) is 0 Å². The summed E-state index contributed by atoms with van der Waals surface area (Å²) in [5, 5.41) is 3.95. The number of nitrogens with zero attached hydrogens (tertiary/aromatic N) is 1. The molecular formula is C16H16N2O. The average Bonchev–Trinajstić information content (AvgIpc) is 2.44.